The Balaban J connectivity index is 2.48. The molecule has 2 rings (SSSR count). The number of hydrogen-bond acceptors (Lipinski definition) is 5. The number of rotatable bonds is 6. The third-order valence-electron chi connectivity index (χ3n) is 2.88. The fourth-order valence-electron chi connectivity index (χ4n) is 2.00. The lowest BCUT2D eigenvalue weighted by atomic mass is 10.1. The van der Waals surface area contributed by atoms with E-state index in [-0.39, 0.29) is 23.6 Å². The molecule has 0 aliphatic carbocycles. The van der Waals surface area contributed by atoms with Crippen LogP contribution in [0.1, 0.15) is 23.7 Å². The zero-order valence-electron chi connectivity index (χ0n) is 11.5. The standard InChI is InChI=1S/C14H15NO6/c1-2-3-20-11-5-9(7-16)4-10-14(11)21-8-12(17)15(10)6-13(18)19/h4-5,7H,2-3,6,8H2,1H3,(H,18,19). The molecule has 1 aromatic rings. The van der Waals surface area contributed by atoms with Crippen molar-refractivity contribution < 1.29 is 29.0 Å². The van der Waals surface area contributed by atoms with Crippen LogP contribution in [0.5, 0.6) is 11.5 Å². The van der Waals surface area contributed by atoms with Crippen molar-refractivity contribution in [2.24, 2.45) is 0 Å². The Hall–Kier alpha value is -2.57. The molecule has 0 bridgehead atoms. The number of anilines is 1. The van der Waals surface area contributed by atoms with Gasteiger partial charge in [0.05, 0.1) is 12.3 Å². The number of ether oxygens (including phenoxy) is 2. The summed E-state index contributed by atoms with van der Waals surface area (Å²) in [6, 6.07) is 2.93. The van der Waals surface area contributed by atoms with Gasteiger partial charge in [0, 0.05) is 5.56 Å². The Bertz CT molecular complexity index is 583. The molecular formula is C14H15NO6. The minimum atomic E-state index is -1.15. The minimum absolute atomic E-state index is 0.240. The molecule has 0 fully saturated rings. The Morgan fingerprint density at radius 2 is 2.29 bits per heavy atom. The lowest BCUT2D eigenvalue weighted by molar-refractivity contribution is -0.137. The number of aldehydes is 1. The molecule has 0 atom stereocenters. The largest absolute Gasteiger partial charge is 0.490 e. The monoisotopic (exact) mass is 293 g/mol. The van der Waals surface area contributed by atoms with Crippen LogP contribution in [0, 0.1) is 0 Å². The van der Waals surface area contributed by atoms with E-state index in [9.17, 15) is 14.4 Å². The van der Waals surface area contributed by atoms with E-state index in [1.807, 2.05) is 6.92 Å². The number of carbonyl (C=O) groups excluding carboxylic acids is 2. The molecule has 0 unspecified atom stereocenters. The highest BCUT2D eigenvalue weighted by Crippen LogP contribution is 2.41. The average molecular weight is 293 g/mol. The Kier molecular flexibility index (Phi) is 4.42. The van der Waals surface area contributed by atoms with Crippen LogP contribution in [0.4, 0.5) is 5.69 Å². The van der Waals surface area contributed by atoms with E-state index < -0.39 is 18.4 Å². The lowest BCUT2D eigenvalue weighted by Gasteiger charge is -2.29. The summed E-state index contributed by atoms with van der Waals surface area (Å²) in [5, 5.41) is 8.91. The van der Waals surface area contributed by atoms with Crippen molar-refractivity contribution in [2.75, 3.05) is 24.7 Å². The zero-order chi connectivity index (χ0) is 15.4. The van der Waals surface area contributed by atoms with Gasteiger partial charge in [-0.3, -0.25) is 19.3 Å². The van der Waals surface area contributed by atoms with E-state index in [0.717, 1.165) is 11.3 Å². The number of fused-ring (bicyclic) bond motifs is 1. The molecule has 0 saturated carbocycles. The molecule has 21 heavy (non-hydrogen) atoms. The van der Waals surface area contributed by atoms with Crippen LogP contribution in [0.25, 0.3) is 0 Å². The quantitative estimate of drug-likeness (QED) is 0.789. The predicted octanol–water partition coefficient (Wildman–Crippen LogP) is 1.10. The fraction of sp³-hybridized carbons (Fsp3) is 0.357. The normalized spacial score (nSPS) is 13.4. The summed E-state index contributed by atoms with van der Waals surface area (Å²) >= 11 is 0. The van der Waals surface area contributed by atoms with Gasteiger partial charge in [0.25, 0.3) is 5.91 Å². The molecule has 1 aromatic carbocycles. The van der Waals surface area contributed by atoms with Crippen molar-refractivity contribution in [3.63, 3.8) is 0 Å². The van der Waals surface area contributed by atoms with E-state index in [1.54, 1.807) is 0 Å². The van der Waals surface area contributed by atoms with Crippen molar-refractivity contribution in [3.8, 4) is 11.5 Å². The van der Waals surface area contributed by atoms with Crippen molar-refractivity contribution in [2.45, 2.75) is 13.3 Å². The first-order valence-corrected chi connectivity index (χ1v) is 6.47. The third kappa shape index (κ3) is 3.13. The second-order valence-electron chi connectivity index (χ2n) is 4.50. The van der Waals surface area contributed by atoms with Gasteiger partial charge < -0.3 is 14.6 Å². The molecule has 112 valence electrons. The number of carboxylic acid groups (broad SMARTS) is 1. The molecule has 7 heteroatoms. The average Bonchev–Trinajstić information content (AvgIpc) is 2.47. The number of aliphatic carboxylic acids is 1. The van der Waals surface area contributed by atoms with Crippen molar-refractivity contribution in [3.05, 3.63) is 17.7 Å². The predicted molar refractivity (Wildman–Crippen MR) is 73.1 cm³/mol. The van der Waals surface area contributed by atoms with Gasteiger partial charge >= 0.3 is 5.97 Å². The van der Waals surface area contributed by atoms with Gasteiger partial charge in [-0.1, -0.05) is 6.92 Å². The Morgan fingerprint density at radius 1 is 1.52 bits per heavy atom. The van der Waals surface area contributed by atoms with Gasteiger partial charge in [0.1, 0.15) is 12.8 Å². The molecule has 1 heterocycles. The van der Waals surface area contributed by atoms with E-state index in [1.165, 1.54) is 12.1 Å². The summed E-state index contributed by atoms with van der Waals surface area (Å²) in [4.78, 5) is 34.8. The second kappa shape index (κ2) is 6.25. The molecular weight excluding hydrogens is 278 g/mol. The smallest absolute Gasteiger partial charge is 0.323 e. The first-order valence-electron chi connectivity index (χ1n) is 6.47. The zero-order valence-corrected chi connectivity index (χ0v) is 11.5. The van der Waals surface area contributed by atoms with E-state index in [2.05, 4.69) is 0 Å². The number of benzene rings is 1. The van der Waals surface area contributed by atoms with Crippen molar-refractivity contribution in [1.29, 1.82) is 0 Å². The summed E-state index contributed by atoms with van der Waals surface area (Å²) in [5.41, 5.74) is 0.526. The van der Waals surface area contributed by atoms with Crippen molar-refractivity contribution >= 4 is 23.9 Å². The van der Waals surface area contributed by atoms with Crippen LogP contribution in [-0.4, -0.2) is 43.0 Å². The highest BCUT2D eigenvalue weighted by atomic mass is 16.5. The van der Waals surface area contributed by atoms with Gasteiger partial charge in [0.15, 0.2) is 18.1 Å². The number of hydrogen-bond donors (Lipinski definition) is 1. The SMILES string of the molecule is CCCOc1cc(C=O)cc2c1OCC(=O)N2CC(=O)O. The van der Waals surface area contributed by atoms with Gasteiger partial charge in [-0.25, -0.2) is 0 Å². The van der Waals surface area contributed by atoms with Crippen LogP contribution in [-0.2, 0) is 9.59 Å². The molecule has 0 aromatic heterocycles. The van der Waals surface area contributed by atoms with E-state index in [0.29, 0.717) is 18.6 Å². The molecule has 7 nitrogen and oxygen atoms in total. The maximum atomic E-state index is 11.8. The summed E-state index contributed by atoms with van der Waals surface area (Å²) in [7, 11) is 0. The van der Waals surface area contributed by atoms with E-state index in [4.69, 9.17) is 14.6 Å². The van der Waals surface area contributed by atoms with Crippen LogP contribution < -0.4 is 14.4 Å². The first kappa shape index (κ1) is 14.8. The summed E-state index contributed by atoms with van der Waals surface area (Å²) in [5.74, 6) is -1.01. The molecule has 0 radical (unpaired) electrons. The summed E-state index contributed by atoms with van der Waals surface area (Å²) < 4.78 is 10.9. The van der Waals surface area contributed by atoms with Gasteiger partial charge in [-0.2, -0.15) is 0 Å². The van der Waals surface area contributed by atoms with Crippen LogP contribution in [0.2, 0.25) is 0 Å². The van der Waals surface area contributed by atoms with E-state index >= 15 is 0 Å². The number of carbonyl (C=O) groups is 3. The molecule has 1 N–H and O–H groups in total. The number of amides is 1. The Labute approximate surface area is 121 Å². The highest BCUT2D eigenvalue weighted by molar-refractivity contribution is 6.02. The van der Waals surface area contributed by atoms with Crippen LogP contribution >= 0.6 is 0 Å². The molecule has 0 spiro atoms. The van der Waals surface area contributed by atoms with Gasteiger partial charge in [0.2, 0.25) is 0 Å². The second-order valence-corrected chi connectivity index (χ2v) is 4.50. The minimum Gasteiger partial charge on any atom is -0.490 e. The van der Waals surface area contributed by atoms with Crippen LogP contribution in [0.15, 0.2) is 12.1 Å². The topological polar surface area (TPSA) is 93.1 Å². The highest BCUT2D eigenvalue weighted by Gasteiger charge is 2.30. The van der Waals surface area contributed by atoms with Gasteiger partial charge in [-0.15, -0.1) is 0 Å². The van der Waals surface area contributed by atoms with Crippen LogP contribution in [0.3, 0.4) is 0 Å². The third-order valence-corrected chi connectivity index (χ3v) is 2.88. The number of nitrogens with zero attached hydrogens (tertiary/aromatic N) is 1. The molecule has 1 amide bonds. The molecule has 0 saturated heterocycles. The molecule has 1 aliphatic rings. The number of carboxylic acids is 1. The Morgan fingerprint density at radius 3 is 2.90 bits per heavy atom. The van der Waals surface area contributed by atoms with Crippen molar-refractivity contribution in [1.82, 2.24) is 0 Å². The first-order chi connectivity index (χ1) is 10.1. The van der Waals surface area contributed by atoms with Gasteiger partial charge in [-0.05, 0) is 18.6 Å². The summed E-state index contributed by atoms with van der Waals surface area (Å²) in [6.45, 7) is 1.59. The maximum Gasteiger partial charge on any atom is 0.323 e. The molecule has 1 aliphatic heterocycles. The summed E-state index contributed by atoms with van der Waals surface area (Å²) in [6.07, 6.45) is 1.37. The lowest BCUT2D eigenvalue weighted by Crippen LogP contribution is -2.42. The maximum absolute atomic E-state index is 11.8. The fourth-order valence-corrected chi connectivity index (χ4v) is 2.00.